The molecule has 1 N–H and O–H groups in total. The van der Waals surface area contributed by atoms with Crippen LogP contribution in [0.15, 0.2) is 65.3 Å². The van der Waals surface area contributed by atoms with E-state index in [1.807, 2.05) is 19.1 Å². The number of fused-ring (bicyclic) bond motifs is 4. The average molecular weight is 421 g/mol. The lowest BCUT2D eigenvalue weighted by molar-refractivity contribution is -0.137. The number of pyridine rings is 2. The van der Waals surface area contributed by atoms with Crippen molar-refractivity contribution in [3.05, 3.63) is 77.6 Å². The quantitative estimate of drug-likeness (QED) is 0.374. The number of benzene rings is 2. The molecule has 0 atom stereocenters. The van der Waals surface area contributed by atoms with Gasteiger partial charge in [-0.15, -0.1) is 0 Å². The lowest BCUT2D eigenvalue weighted by atomic mass is 10.1. The summed E-state index contributed by atoms with van der Waals surface area (Å²) in [5, 5.41) is 5.05. The molecule has 3 aromatic heterocycles. The summed E-state index contributed by atoms with van der Waals surface area (Å²) in [6.45, 7) is 1.91. The Morgan fingerprint density at radius 2 is 1.94 bits per heavy atom. The minimum atomic E-state index is -4.53. The van der Waals surface area contributed by atoms with E-state index >= 15 is 0 Å². The third-order valence-electron chi connectivity index (χ3n) is 5.11. The first-order valence-electron chi connectivity index (χ1n) is 9.36. The van der Waals surface area contributed by atoms with Crippen molar-refractivity contribution >= 4 is 44.6 Å². The van der Waals surface area contributed by atoms with Crippen LogP contribution < -0.4 is 5.32 Å². The number of furan rings is 1. The SMILES string of the molecule is Cc1ccc(NC(=O)c2cccc(C(F)(F)F)c2)c2oc3nc4ccncc4cc3c12. The fourth-order valence-electron chi connectivity index (χ4n) is 3.60. The molecule has 5 nitrogen and oxygen atoms in total. The highest BCUT2D eigenvalue weighted by molar-refractivity contribution is 6.15. The maximum absolute atomic E-state index is 13.0. The Morgan fingerprint density at radius 3 is 2.74 bits per heavy atom. The van der Waals surface area contributed by atoms with Crippen LogP contribution in [0.3, 0.4) is 0 Å². The van der Waals surface area contributed by atoms with Gasteiger partial charge < -0.3 is 9.73 Å². The zero-order valence-corrected chi connectivity index (χ0v) is 16.1. The van der Waals surface area contributed by atoms with Gasteiger partial charge in [-0.3, -0.25) is 9.78 Å². The highest BCUT2D eigenvalue weighted by atomic mass is 19.4. The van der Waals surface area contributed by atoms with Gasteiger partial charge in [-0.2, -0.15) is 13.2 Å². The van der Waals surface area contributed by atoms with E-state index in [9.17, 15) is 18.0 Å². The molecule has 5 aromatic rings. The molecule has 0 aliphatic heterocycles. The maximum Gasteiger partial charge on any atom is 0.416 e. The third-order valence-corrected chi connectivity index (χ3v) is 5.11. The van der Waals surface area contributed by atoms with Crippen molar-refractivity contribution in [2.45, 2.75) is 13.1 Å². The first kappa shape index (κ1) is 19.0. The summed E-state index contributed by atoms with van der Waals surface area (Å²) >= 11 is 0. The van der Waals surface area contributed by atoms with Crippen molar-refractivity contribution in [2.75, 3.05) is 5.32 Å². The minimum Gasteiger partial charge on any atom is -0.435 e. The van der Waals surface area contributed by atoms with Crippen molar-refractivity contribution in [3.63, 3.8) is 0 Å². The van der Waals surface area contributed by atoms with Crippen LogP contribution in [0.2, 0.25) is 0 Å². The number of hydrogen-bond donors (Lipinski definition) is 1. The monoisotopic (exact) mass is 421 g/mol. The molecule has 8 heteroatoms. The van der Waals surface area contributed by atoms with E-state index in [0.717, 1.165) is 33.9 Å². The number of amides is 1. The lowest BCUT2D eigenvalue weighted by Gasteiger charge is -2.10. The summed E-state index contributed by atoms with van der Waals surface area (Å²) in [5.74, 6) is -0.668. The first-order chi connectivity index (χ1) is 14.8. The number of alkyl halides is 3. The van der Waals surface area contributed by atoms with Crippen LogP contribution in [0.4, 0.5) is 18.9 Å². The van der Waals surface area contributed by atoms with Crippen molar-refractivity contribution in [1.29, 1.82) is 0 Å². The Labute approximate surface area is 173 Å². The van der Waals surface area contributed by atoms with E-state index in [0.29, 0.717) is 22.5 Å². The molecule has 0 saturated carbocycles. The summed E-state index contributed by atoms with van der Waals surface area (Å²) in [7, 11) is 0. The predicted molar refractivity (Wildman–Crippen MR) is 111 cm³/mol. The van der Waals surface area contributed by atoms with Crippen LogP contribution in [-0.4, -0.2) is 15.9 Å². The molecule has 0 aliphatic carbocycles. The van der Waals surface area contributed by atoms with Gasteiger partial charge in [0.2, 0.25) is 5.71 Å². The number of rotatable bonds is 2. The van der Waals surface area contributed by atoms with Gasteiger partial charge in [0, 0.05) is 34.1 Å². The second-order valence-electron chi connectivity index (χ2n) is 7.18. The van der Waals surface area contributed by atoms with Crippen molar-refractivity contribution < 1.29 is 22.4 Å². The van der Waals surface area contributed by atoms with Crippen LogP contribution in [-0.2, 0) is 6.18 Å². The number of aromatic nitrogens is 2. The number of carbonyl (C=O) groups excluding carboxylic acids is 1. The molecule has 0 saturated heterocycles. The maximum atomic E-state index is 13.0. The van der Waals surface area contributed by atoms with Gasteiger partial charge in [0.25, 0.3) is 5.91 Å². The van der Waals surface area contributed by atoms with Crippen molar-refractivity contribution in [1.82, 2.24) is 9.97 Å². The summed E-state index contributed by atoms with van der Waals surface area (Å²) in [5.41, 5.74) is 1.80. The topological polar surface area (TPSA) is 68.0 Å². The molecule has 0 fully saturated rings. The molecule has 0 bridgehead atoms. The van der Waals surface area contributed by atoms with E-state index in [-0.39, 0.29) is 5.56 Å². The van der Waals surface area contributed by atoms with Crippen molar-refractivity contribution in [3.8, 4) is 0 Å². The zero-order valence-electron chi connectivity index (χ0n) is 16.1. The fourth-order valence-corrected chi connectivity index (χ4v) is 3.60. The molecule has 5 rings (SSSR count). The van der Waals surface area contributed by atoms with Gasteiger partial charge in [0.05, 0.1) is 16.8 Å². The van der Waals surface area contributed by atoms with Gasteiger partial charge in [-0.05, 0) is 48.9 Å². The highest BCUT2D eigenvalue weighted by Gasteiger charge is 2.31. The number of aryl methyl sites for hydroxylation is 1. The van der Waals surface area contributed by atoms with E-state index in [1.165, 1.54) is 12.1 Å². The summed E-state index contributed by atoms with van der Waals surface area (Å²) in [4.78, 5) is 21.3. The lowest BCUT2D eigenvalue weighted by Crippen LogP contribution is -2.14. The molecule has 1 amide bonds. The Bertz CT molecular complexity index is 1490. The zero-order chi connectivity index (χ0) is 21.8. The smallest absolute Gasteiger partial charge is 0.416 e. The predicted octanol–water partition coefficient (Wildman–Crippen LogP) is 6.11. The van der Waals surface area contributed by atoms with Gasteiger partial charge in [0.15, 0.2) is 5.58 Å². The molecule has 154 valence electrons. The van der Waals surface area contributed by atoms with Crippen LogP contribution in [0.25, 0.3) is 33.0 Å². The first-order valence-corrected chi connectivity index (χ1v) is 9.36. The Hall–Kier alpha value is -3.94. The Morgan fingerprint density at radius 1 is 1.10 bits per heavy atom. The fraction of sp³-hybridized carbons (Fsp3) is 0.0870. The average Bonchev–Trinajstić information content (AvgIpc) is 3.13. The van der Waals surface area contributed by atoms with Gasteiger partial charge in [-0.25, -0.2) is 4.98 Å². The summed E-state index contributed by atoms with van der Waals surface area (Å²) in [6, 6.07) is 11.4. The normalized spacial score (nSPS) is 12.0. The van der Waals surface area contributed by atoms with Crippen LogP contribution in [0, 0.1) is 6.92 Å². The number of nitrogens with zero attached hydrogens (tertiary/aromatic N) is 2. The van der Waals surface area contributed by atoms with Crippen LogP contribution in [0.5, 0.6) is 0 Å². The molecular formula is C23H14F3N3O2. The Kier molecular flexibility index (Phi) is 4.18. The third kappa shape index (κ3) is 3.26. The molecular weight excluding hydrogens is 407 g/mol. The Balaban J connectivity index is 1.61. The van der Waals surface area contributed by atoms with E-state index in [1.54, 1.807) is 24.5 Å². The standard InChI is InChI=1S/C23H14F3N3O2/c1-12-5-6-18(28-21(30)13-3-2-4-15(9-13)23(24,25)26)20-19(12)16-10-14-11-27-8-7-17(14)29-22(16)31-20/h2-11H,1H3,(H,28,30). The van der Waals surface area contributed by atoms with Crippen LogP contribution >= 0.6 is 0 Å². The number of carbonyl (C=O) groups is 1. The molecule has 3 heterocycles. The molecule has 2 aromatic carbocycles. The largest absolute Gasteiger partial charge is 0.435 e. The molecule has 0 radical (unpaired) electrons. The summed E-state index contributed by atoms with van der Waals surface area (Å²) in [6.07, 6.45) is -1.19. The van der Waals surface area contributed by atoms with Gasteiger partial charge in [0.1, 0.15) is 0 Å². The molecule has 0 unspecified atom stereocenters. The van der Waals surface area contributed by atoms with Crippen molar-refractivity contribution in [2.24, 2.45) is 0 Å². The van der Waals surface area contributed by atoms with Gasteiger partial charge in [-0.1, -0.05) is 12.1 Å². The van der Waals surface area contributed by atoms with Crippen LogP contribution in [0.1, 0.15) is 21.5 Å². The summed E-state index contributed by atoms with van der Waals surface area (Å²) < 4.78 is 44.9. The number of nitrogens with one attached hydrogen (secondary N) is 1. The molecule has 31 heavy (non-hydrogen) atoms. The van der Waals surface area contributed by atoms with E-state index < -0.39 is 17.6 Å². The second kappa shape index (κ2) is 6.80. The second-order valence-corrected chi connectivity index (χ2v) is 7.18. The van der Waals surface area contributed by atoms with Gasteiger partial charge >= 0.3 is 6.18 Å². The van der Waals surface area contributed by atoms with E-state index in [4.69, 9.17) is 4.42 Å². The van der Waals surface area contributed by atoms with E-state index in [2.05, 4.69) is 15.3 Å². The number of halogens is 3. The number of anilines is 1. The minimum absolute atomic E-state index is 0.102. The highest BCUT2D eigenvalue weighted by Crippen LogP contribution is 2.36. The number of hydrogen-bond acceptors (Lipinski definition) is 4. The molecule has 0 aliphatic rings. The molecule has 0 spiro atoms.